The highest BCUT2D eigenvalue weighted by atomic mass is 35.5. The average molecular weight is 275 g/mol. The Kier molecular flexibility index (Phi) is 4.87. The lowest BCUT2D eigenvalue weighted by Crippen LogP contribution is -2.44. The van der Waals surface area contributed by atoms with Crippen LogP contribution in [0.5, 0.6) is 0 Å². The molecule has 1 amide bonds. The van der Waals surface area contributed by atoms with Crippen molar-refractivity contribution in [3.63, 3.8) is 0 Å². The van der Waals surface area contributed by atoms with Crippen LogP contribution in [-0.4, -0.2) is 49.7 Å². The van der Waals surface area contributed by atoms with Crippen LogP contribution >= 0.6 is 12.4 Å². The summed E-state index contributed by atoms with van der Waals surface area (Å²) in [5.74, 6) is 1.81. The van der Waals surface area contributed by atoms with Gasteiger partial charge in [-0.15, -0.1) is 12.4 Å². The minimum atomic E-state index is 0. The van der Waals surface area contributed by atoms with E-state index in [-0.39, 0.29) is 18.5 Å². The Morgan fingerprint density at radius 1 is 1.28 bits per heavy atom. The molecule has 3 heterocycles. The number of nitrogens with one attached hydrogen (secondary N) is 1. The largest absolute Gasteiger partial charge is 0.378 e. The topological polar surface area (TPSA) is 41.6 Å². The molecule has 3 atom stereocenters. The highest BCUT2D eigenvalue weighted by Gasteiger charge is 2.35. The third-order valence-electron chi connectivity index (χ3n) is 4.48. The van der Waals surface area contributed by atoms with E-state index in [1.165, 1.54) is 6.42 Å². The molecule has 1 N–H and O–H groups in total. The second-order valence-corrected chi connectivity index (χ2v) is 5.65. The van der Waals surface area contributed by atoms with Gasteiger partial charge in [0.15, 0.2) is 0 Å². The van der Waals surface area contributed by atoms with Gasteiger partial charge in [0.25, 0.3) is 0 Å². The van der Waals surface area contributed by atoms with E-state index in [1.807, 2.05) is 0 Å². The van der Waals surface area contributed by atoms with Gasteiger partial charge >= 0.3 is 0 Å². The number of amides is 1. The number of nitrogens with zero attached hydrogens (tertiary/aromatic N) is 1. The maximum Gasteiger partial charge on any atom is 0.225 e. The molecule has 3 rings (SSSR count). The molecule has 0 aromatic rings. The van der Waals surface area contributed by atoms with E-state index in [9.17, 15) is 4.79 Å². The molecule has 0 aromatic carbocycles. The van der Waals surface area contributed by atoms with Crippen LogP contribution in [0.25, 0.3) is 0 Å². The van der Waals surface area contributed by atoms with Crippen LogP contribution in [0, 0.1) is 11.8 Å². The quantitative estimate of drug-likeness (QED) is 0.818. The highest BCUT2D eigenvalue weighted by molar-refractivity contribution is 5.85. The zero-order chi connectivity index (χ0) is 11.7. The molecule has 0 radical (unpaired) electrons. The molecule has 3 aliphatic heterocycles. The van der Waals surface area contributed by atoms with Crippen LogP contribution in [0.1, 0.15) is 25.7 Å². The van der Waals surface area contributed by atoms with Gasteiger partial charge < -0.3 is 15.0 Å². The van der Waals surface area contributed by atoms with Crippen LogP contribution in [0.2, 0.25) is 0 Å². The molecule has 0 spiro atoms. The first-order valence-electron chi connectivity index (χ1n) is 6.93. The van der Waals surface area contributed by atoms with Gasteiger partial charge in [-0.25, -0.2) is 0 Å². The molecule has 4 nitrogen and oxygen atoms in total. The number of fused-ring (bicyclic) bond motifs is 1. The molecule has 18 heavy (non-hydrogen) atoms. The molecule has 3 aliphatic rings. The maximum atomic E-state index is 12.2. The number of hydrogen-bond acceptors (Lipinski definition) is 3. The summed E-state index contributed by atoms with van der Waals surface area (Å²) in [5, 5.41) is 3.43. The second kappa shape index (κ2) is 6.22. The predicted molar refractivity (Wildman–Crippen MR) is 71.9 cm³/mol. The fraction of sp³-hybridized carbons (Fsp3) is 0.923. The summed E-state index contributed by atoms with van der Waals surface area (Å²) >= 11 is 0. The lowest BCUT2D eigenvalue weighted by Gasteiger charge is -2.35. The Morgan fingerprint density at radius 3 is 2.89 bits per heavy atom. The number of hydrogen-bond donors (Lipinski definition) is 1. The zero-order valence-electron chi connectivity index (χ0n) is 10.8. The highest BCUT2D eigenvalue weighted by Crippen LogP contribution is 2.27. The van der Waals surface area contributed by atoms with E-state index in [4.69, 9.17) is 4.74 Å². The molecule has 0 aromatic heterocycles. The SMILES string of the molecule is Cl.O=C(CC1CCCO1)N1CCC2CNCC2C1. The molecule has 0 bridgehead atoms. The predicted octanol–water partition coefficient (Wildman–Crippen LogP) is 1.05. The second-order valence-electron chi connectivity index (χ2n) is 5.65. The van der Waals surface area contributed by atoms with Crippen molar-refractivity contribution in [2.24, 2.45) is 11.8 Å². The number of carbonyl (C=O) groups is 1. The van der Waals surface area contributed by atoms with E-state index in [2.05, 4.69) is 10.2 Å². The number of carbonyl (C=O) groups excluding carboxylic acids is 1. The minimum Gasteiger partial charge on any atom is -0.378 e. The van der Waals surface area contributed by atoms with Crippen molar-refractivity contribution in [2.75, 3.05) is 32.8 Å². The van der Waals surface area contributed by atoms with Gasteiger partial charge in [-0.1, -0.05) is 0 Å². The van der Waals surface area contributed by atoms with Gasteiger partial charge in [0.2, 0.25) is 5.91 Å². The van der Waals surface area contributed by atoms with Crippen molar-refractivity contribution in [3.05, 3.63) is 0 Å². The van der Waals surface area contributed by atoms with E-state index >= 15 is 0 Å². The number of likely N-dealkylation sites (tertiary alicyclic amines) is 1. The fourth-order valence-corrected chi connectivity index (χ4v) is 3.39. The number of piperidine rings is 1. The van der Waals surface area contributed by atoms with Gasteiger partial charge in [-0.05, 0) is 44.2 Å². The lowest BCUT2D eigenvalue weighted by atomic mass is 9.88. The molecule has 104 valence electrons. The van der Waals surface area contributed by atoms with Gasteiger partial charge in [0.05, 0.1) is 12.5 Å². The molecule has 3 unspecified atom stereocenters. The Bertz CT molecular complexity index is 295. The van der Waals surface area contributed by atoms with Crippen molar-refractivity contribution in [2.45, 2.75) is 31.8 Å². The Balaban J connectivity index is 0.00000120. The first kappa shape index (κ1) is 14.1. The normalized spacial score (nSPS) is 35.1. The summed E-state index contributed by atoms with van der Waals surface area (Å²) in [6.45, 7) is 5.00. The zero-order valence-corrected chi connectivity index (χ0v) is 11.6. The molecule has 0 saturated carbocycles. The first-order valence-corrected chi connectivity index (χ1v) is 6.93. The van der Waals surface area contributed by atoms with Gasteiger partial charge in [-0.2, -0.15) is 0 Å². The van der Waals surface area contributed by atoms with Crippen molar-refractivity contribution in [1.82, 2.24) is 10.2 Å². The van der Waals surface area contributed by atoms with Crippen LogP contribution in [0.15, 0.2) is 0 Å². The molecule has 0 aliphatic carbocycles. The molecule has 3 saturated heterocycles. The van der Waals surface area contributed by atoms with E-state index in [0.717, 1.165) is 51.5 Å². The molecular weight excluding hydrogens is 252 g/mol. The van der Waals surface area contributed by atoms with Crippen LogP contribution in [0.4, 0.5) is 0 Å². The Hall–Kier alpha value is -0.320. The van der Waals surface area contributed by atoms with Gasteiger partial charge in [-0.3, -0.25) is 4.79 Å². The molecule has 3 fully saturated rings. The van der Waals surface area contributed by atoms with Crippen molar-refractivity contribution in [1.29, 1.82) is 0 Å². The molecule has 5 heteroatoms. The number of rotatable bonds is 2. The van der Waals surface area contributed by atoms with E-state index in [1.54, 1.807) is 0 Å². The third-order valence-corrected chi connectivity index (χ3v) is 4.48. The maximum absolute atomic E-state index is 12.2. The van der Waals surface area contributed by atoms with Crippen LogP contribution in [-0.2, 0) is 9.53 Å². The smallest absolute Gasteiger partial charge is 0.225 e. The van der Waals surface area contributed by atoms with Gasteiger partial charge in [0.1, 0.15) is 0 Å². The minimum absolute atomic E-state index is 0. The lowest BCUT2D eigenvalue weighted by molar-refractivity contribution is -0.135. The van der Waals surface area contributed by atoms with Crippen LogP contribution in [0.3, 0.4) is 0 Å². The monoisotopic (exact) mass is 274 g/mol. The van der Waals surface area contributed by atoms with Crippen molar-refractivity contribution < 1.29 is 9.53 Å². The summed E-state index contributed by atoms with van der Waals surface area (Å²) in [7, 11) is 0. The Labute approximate surface area is 115 Å². The average Bonchev–Trinajstić information content (AvgIpc) is 2.97. The standard InChI is InChI=1S/C13H22N2O2.ClH/c16-13(6-12-2-1-5-17-12)15-4-3-10-7-14-8-11(10)9-15;/h10-12,14H,1-9H2;1H. The van der Waals surface area contributed by atoms with Crippen LogP contribution < -0.4 is 5.32 Å². The summed E-state index contributed by atoms with van der Waals surface area (Å²) < 4.78 is 5.54. The Morgan fingerprint density at radius 2 is 2.11 bits per heavy atom. The third kappa shape index (κ3) is 2.98. The van der Waals surface area contributed by atoms with Gasteiger partial charge in [0, 0.05) is 19.7 Å². The number of halogens is 1. The summed E-state index contributed by atoms with van der Waals surface area (Å²) in [5.41, 5.74) is 0. The fourth-order valence-electron chi connectivity index (χ4n) is 3.39. The summed E-state index contributed by atoms with van der Waals surface area (Å²) in [6, 6.07) is 0. The first-order chi connectivity index (χ1) is 8.33. The van der Waals surface area contributed by atoms with E-state index < -0.39 is 0 Å². The van der Waals surface area contributed by atoms with Crippen molar-refractivity contribution >= 4 is 18.3 Å². The van der Waals surface area contributed by atoms with Crippen molar-refractivity contribution in [3.8, 4) is 0 Å². The number of ether oxygens (including phenoxy) is 1. The summed E-state index contributed by atoms with van der Waals surface area (Å²) in [6.07, 6.45) is 4.15. The van der Waals surface area contributed by atoms with E-state index in [0.29, 0.717) is 18.2 Å². The summed E-state index contributed by atoms with van der Waals surface area (Å²) in [4.78, 5) is 14.2. The molecular formula is C13H23ClN2O2.